The molecule has 2 aromatic rings. The van der Waals surface area contributed by atoms with Crippen LogP contribution in [0.1, 0.15) is 41.7 Å². The van der Waals surface area contributed by atoms with E-state index in [0.717, 1.165) is 0 Å². The van der Waals surface area contributed by atoms with Crippen LogP contribution in [0.5, 0.6) is 0 Å². The van der Waals surface area contributed by atoms with Crippen molar-refractivity contribution in [1.29, 1.82) is 5.26 Å². The number of ether oxygens (including phenoxy) is 1. The molecular formula is C19H14FN3O2. The Kier molecular flexibility index (Phi) is 4.92. The molecule has 1 aromatic carbocycles. The van der Waals surface area contributed by atoms with Crippen LogP contribution in [0.15, 0.2) is 42.7 Å². The van der Waals surface area contributed by atoms with Crippen LogP contribution >= 0.6 is 0 Å². The molecule has 124 valence electrons. The zero-order valence-electron chi connectivity index (χ0n) is 13.2. The number of rotatable bonds is 3. The van der Waals surface area contributed by atoms with Gasteiger partial charge in [0.2, 0.25) is 0 Å². The van der Waals surface area contributed by atoms with Gasteiger partial charge in [-0.15, -0.1) is 0 Å². The number of carbonyl (C=O) groups excluding carboxylic acids is 1. The predicted molar refractivity (Wildman–Crippen MR) is 87.5 cm³/mol. The lowest BCUT2D eigenvalue weighted by molar-refractivity contribution is 0.132. The molecule has 0 bridgehead atoms. The first kappa shape index (κ1) is 16.5. The Morgan fingerprint density at radius 1 is 1.24 bits per heavy atom. The minimum atomic E-state index is -0.646. The second kappa shape index (κ2) is 7.46. The summed E-state index contributed by atoms with van der Waals surface area (Å²) in [6.07, 6.45) is 2.87. The Balaban J connectivity index is 1.87. The molecule has 1 aromatic heterocycles. The summed E-state index contributed by atoms with van der Waals surface area (Å²) >= 11 is 0. The smallest absolute Gasteiger partial charge is 0.408 e. The highest BCUT2D eigenvalue weighted by atomic mass is 19.1. The maximum Gasteiger partial charge on any atom is 0.408 e. The van der Waals surface area contributed by atoms with Gasteiger partial charge in [0.1, 0.15) is 11.9 Å². The van der Waals surface area contributed by atoms with Gasteiger partial charge < -0.3 is 10.1 Å². The molecule has 1 fully saturated rings. The average Bonchev–Trinajstić information content (AvgIpc) is 3.01. The quantitative estimate of drug-likeness (QED) is 0.689. The minimum absolute atomic E-state index is 0.369. The van der Waals surface area contributed by atoms with Crippen molar-refractivity contribution < 1.29 is 13.9 Å². The van der Waals surface area contributed by atoms with Gasteiger partial charge in [-0.05, 0) is 29.3 Å². The third kappa shape index (κ3) is 3.94. The molecule has 3 rings (SSSR count). The zero-order chi connectivity index (χ0) is 17.6. The van der Waals surface area contributed by atoms with Crippen LogP contribution in [0.2, 0.25) is 0 Å². The van der Waals surface area contributed by atoms with Gasteiger partial charge in [-0.1, -0.05) is 24.0 Å². The summed E-state index contributed by atoms with van der Waals surface area (Å²) in [7, 11) is 0. The monoisotopic (exact) mass is 335 g/mol. The van der Waals surface area contributed by atoms with Gasteiger partial charge in [-0.25, -0.2) is 9.18 Å². The Morgan fingerprint density at radius 3 is 2.92 bits per heavy atom. The standard InChI is InChI=1S/C19H14FN3O2/c20-16-7-4-6-14(10-16)18-17(23-19(24)25-18)15-9-13(11-22-12-15)5-2-1-3-8-21/h4,6-7,9-12,17-18H,1,3H2,(H,23,24)/t17-,18-/m1/s1. The molecule has 25 heavy (non-hydrogen) atoms. The number of hydrogen-bond donors (Lipinski definition) is 1. The summed E-state index contributed by atoms with van der Waals surface area (Å²) in [5, 5.41) is 11.2. The lowest BCUT2D eigenvalue weighted by Gasteiger charge is -2.17. The van der Waals surface area contributed by atoms with Gasteiger partial charge in [-0.3, -0.25) is 4.98 Å². The third-order valence-electron chi connectivity index (χ3n) is 3.70. The van der Waals surface area contributed by atoms with E-state index < -0.39 is 24.1 Å². The van der Waals surface area contributed by atoms with Crippen molar-refractivity contribution in [2.45, 2.75) is 25.0 Å². The van der Waals surface area contributed by atoms with Crippen molar-refractivity contribution in [2.24, 2.45) is 0 Å². The van der Waals surface area contributed by atoms with E-state index >= 15 is 0 Å². The highest BCUT2D eigenvalue weighted by molar-refractivity contribution is 5.71. The van der Waals surface area contributed by atoms with Crippen LogP contribution in [0.3, 0.4) is 0 Å². The molecule has 2 heterocycles. The van der Waals surface area contributed by atoms with Crippen molar-refractivity contribution in [2.75, 3.05) is 0 Å². The van der Waals surface area contributed by atoms with E-state index in [1.807, 2.05) is 6.07 Å². The molecule has 0 aliphatic carbocycles. The van der Waals surface area contributed by atoms with Crippen molar-refractivity contribution in [3.63, 3.8) is 0 Å². The molecule has 1 saturated heterocycles. The molecule has 1 aliphatic heterocycles. The van der Waals surface area contributed by atoms with E-state index in [1.165, 1.54) is 12.1 Å². The summed E-state index contributed by atoms with van der Waals surface area (Å²) < 4.78 is 18.8. The van der Waals surface area contributed by atoms with Crippen LogP contribution in [0, 0.1) is 29.0 Å². The van der Waals surface area contributed by atoms with Gasteiger partial charge in [0.15, 0.2) is 6.10 Å². The van der Waals surface area contributed by atoms with Crippen molar-refractivity contribution in [3.8, 4) is 17.9 Å². The number of carbonyl (C=O) groups is 1. The number of halogens is 1. The largest absolute Gasteiger partial charge is 0.439 e. The van der Waals surface area contributed by atoms with E-state index in [0.29, 0.717) is 29.5 Å². The van der Waals surface area contributed by atoms with E-state index in [1.54, 1.807) is 30.6 Å². The first-order valence-electron chi connectivity index (χ1n) is 7.71. The van der Waals surface area contributed by atoms with Gasteiger partial charge in [0.05, 0.1) is 6.07 Å². The molecule has 0 saturated carbocycles. The summed E-state index contributed by atoms with van der Waals surface area (Å²) in [4.78, 5) is 15.9. The van der Waals surface area contributed by atoms with E-state index in [2.05, 4.69) is 22.1 Å². The van der Waals surface area contributed by atoms with Crippen LogP contribution in [0.4, 0.5) is 9.18 Å². The number of pyridine rings is 1. The molecule has 0 unspecified atom stereocenters. The van der Waals surface area contributed by atoms with E-state index in [-0.39, 0.29) is 0 Å². The van der Waals surface area contributed by atoms with Gasteiger partial charge in [-0.2, -0.15) is 5.26 Å². The normalized spacial score (nSPS) is 18.5. The number of unbranched alkanes of at least 4 members (excludes halogenated alkanes) is 1. The Hall–Kier alpha value is -3.38. The van der Waals surface area contributed by atoms with Crippen LogP contribution in [-0.4, -0.2) is 11.1 Å². The zero-order valence-corrected chi connectivity index (χ0v) is 13.2. The second-order valence-corrected chi connectivity index (χ2v) is 5.47. The van der Waals surface area contributed by atoms with Gasteiger partial charge >= 0.3 is 6.09 Å². The number of cyclic esters (lactones) is 1. The fourth-order valence-corrected chi connectivity index (χ4v) is 2.60. The maximum absolute atomic E-state index is 13.5. The average molecular weight is 335 g/mol. The number of amides is 1. The van der Waals surface area contributed by atoms with Crippen molar-refractivity contribution in [3.05, 3.63) is 65.2 Å². The fraction of sp³-hybridized carbons (Fsp3) is 0.211. The van der Waals surface area contributed by atoms with Crippen molar-refractivity contribution in [1.82, 2.24) is 10.3 Å². The summed E-state index contributed by atoms with van der Waals surface area (Å²) in [5.41, 5.74) is 1.95. The number of nitriles is 1. The first-order valence-corrected chi connectivity index (χ1v) is 7.71. The van der Waals surface area contributed by atoms with Crippen molar-refractivity contribution >= 4 is 6.09 Å². The number of alkyl carbamates (subject to hydrolysis) is 1. The number of nitrogens with zero attached hydrogens (tertiary/aromatic N) is 2. The topological polar surface area (TPSA) is 75.0 Å². The summed E-state index contributed by atoms with van der Waals surface area (Å²) in [6, 6.07) is 9.31. The molecule has 0 radical (unpaired) electrons. The van der Waals surface area contributed by atoms with Crippen LogP contribution in [0.25, 0.3) is 0 Å². The molecule has 5 nitrogen and oxygen atoms in total. The highest BCUT2D eigenvalue weighted by Gasteiger charge is 2.36. The molecule has 6 heteroatoms. The number of benzene rings is 1. The van der Waals surface area contributed by atoms with Crippen LogP contribution < -0.4 is 5.32 Å². The number of aromatic nitrogens is 1. The Labute approximate surface area is 144 Å². The van der Waals surface area contributed by atoms with Gasteiger partial charge in [0, 0.05) is 30.8 Å². The summed E-state index contributed by atoms with van der Waals surface area (Å²) in [5.74, 6) is 5.45. The lowest BCUT2D eigenvalue weighted by atomic mass is 9.97. The SMILES string of the molecule is N#CCCC#Cc1cncc([C@H]2NC(=O)O[C@@H]2c2cccc(F)c2)c1. The third-order valence-corrected chi connectivity index (χ3v) is 3.70. The van der Waals surface area contributed by atoms with Gasteiger partial charge in [0.25, 0.3) is 0 Å². The minimum Gasteiger partial charge on any atom is -0.439 e. The molecule has 1 amide bonds. The number of nitrogens with one attached hydrogen (secondary N) is 1. The van der Waals surface area contributed by atoms with Crippen LogP contribution in [-0.2, 0) is 4.74 Å². The second-order valence-electron chi connectivity index (χ2n) is 5.47. The number of hydrogen-bond acceptors (Lipinski definition) is 4. The fourth-order valence-electron chi connectivity index (χ4n) is 2.60. The first-order chi connectivity index (χ1) is 12.2. The molecule has 1 aliphatic rings. The Bertz CT molecular complexity index is 895. The molecule has 2 atom stereocenters. The predicted octanol–water partition coefficient (Wildman–Crippen LogP) is 3.40. The highest BCUT2D eigenvalue weighted by Crippen LogP contribution is 2.36. The van der Waals surface area contributed by atoms with E-state index in [9.17, 15) is 9.18 Å². The molecular weight excluding hydrogens is 321 g/mol. The molecule has 0 spiro atoms. The Morgan fingerprint density at radius 2 is 2.12 bits per heavy atom. The lowest BCUT2D eigenvalue weighted by Crippen LogP contribution is -2.19. The summed E-state index contributed by atoms with van der Waals surface area (Å²) in [6.45, 7) is 0. The molecule has 1 N–H and O–H groups in total. The maximum atomic E-state index is 13.5. The van der Waals surface area contributed by atoms with E-state index in [4.69, 9.17) is 10.00 Å².